The number of aliphatic hydroxyl groups excluding tert-OH is 1. The zero-order valence-electron chi connectivity index (χ0n) is 10.7. The van der Waals surface area contributed by atoms with Crippen molar-refractivity contribution in [3.8, 4) is 0 Å². The lowest BCUT2D eigenvalue weighted by atomic mass is 9.97. The van der Waals surface area contributed by atoms with Crippen LogP contribution in [-0.4, -0.2) is 62.7 Å². The highest BCUT2D eigenvalue weighted by atomic mass is 16.6. The molecule has 1 fully saturated rings. The Morgan fingerprint density at radius 2 is 1.94 bits per heavy atom. The Hall–Kier alpha value is -0.240. The maximum absolute atomic E-state index is 9.72. The van der Waals surface area contributed by atoms with Gasteiger partial charge in [-0.3, -0.25) is 0 Å². The van der Waals surface area contributed by atoms with Crippen LogP contribution in [0.25, 0.3) is 0 Å². The molecule has 1 unspecified atom stereocenters. The van der Waals surface area contributed by atoms with E-state index in [9.17, 15) is 5.11 Å². The normalized spacial score (nSPS) is 38.3. The average molecular weight is 249 g/mol. The SMILES string of the molecule is CCOC[C@H]1OC(O)[C@H](N)[C@@H](OCC)[C@@H]1OC. The predicted octanol–water partition coefficient (Wildman–Crippen LogP) is -0.512. The summed E-state index contributed by atoms with van der Waals surface area (Å²) in [6.45, 7) is 5.21. The van der Waals surface area contributed by atoms with Crippen molar-refractivity contribution in [2.24, 2.45) is 5.73 Å². The Bertz CT molecular complexity index is 216. The highest BCUT2D eigenvalue weighted by Gasteiger charge is 2.44. The van der Waals surface area contributed by atoms with Gasteiger partial charge in [0.1, 0.15) is 18.3 Å². The molecule has 6 heteroatoms. The molecule has 1 aliphatic heterocycles. The van der Waals surface area contributed by atoms with E-state index in [0.717, 1.165) is 0 Å². The van der Waals surface area contributed by atoms with Crippen LogP contribution < -0.4 is 5.73 Å². The van der Waals surface area contributed by atoms with Crippen LogP contribution in [0.2, 0.25) is 0 Å². The zero-order valence-corrected chi connectivity index (χ0v) is 10.7. The van der Waals surface area contributed by atoms with Crippen molar-refractivity contribution >= 4 is 0 Å². The molecule has 6 nitrogen and oxygen atoms in total. The minimum absolute atomic E-state index is 0.333. The lowest BCUT2D eigenvalue weighted by molar-refractivity contribution is -0.264. The number of hydrogen-bond donors (Lipinski definition) is 2. The van der Waals surface area contributed by atoms with Crippen LogP contribution >= 0.6 is 0 Å². The fourth-order valence-electron chi connectivity index (χ4n) is 1.99. The molecule has 0 bridgehead atoms. The van der Waals surface area contributed by atoms with Crippen molar-refractivity contribution in [3.05, 3.63) is 0 Å². The molecular weight excluding hydrogens is 226 g/mol. The van der Waals surface area contributed by atoms with Gasteiger partial charge in [0, 0.05) is 20.3 Å². The molecule has 1 rings (SSSR count). The maximum Gasteiger partial charge on any atom is 0.173 e. The first-order valence-corrected chi connectivity index (χ1v) is 5.96. The molecule has 0 radical (unpaired) electrons. The van der Waals surface area contributed by atoms with Crippen LogP contribution in [0, 0.1) is 0 Å². The van der Waals surface area contributed by atoms with Crippen LogP contribution in [0.4, 0.5) is 0 Å². The quantitative estimate of drug-likeness (QED) is 0.659. The van der Waals surface area contributed by atoms with Gasteiger partial charge in [-0.25, -0.2) is 0 Å². The first kappa shape index (κ1) is 14.8. The number of rotatable bonds is 6. The summed E-state index contributed by atoms with van der Waals surface area (Å²) in [6.07, 6.45) is -2.14. The van der Waals surface area contributed by atoms with Crippen molar-refractivity contribution in [2.75, 3.05) is 26.9 Å². The van der Waals surface area contributed by atoms with Gasteiger partial charge in [-0.1, -0.05) is 0 Å². The molecule has 17 heavy (non-hydrogen) atoms. The first-order valence-electron chi connectivity index (χ1n) is 5.96. The first-order chi connectivity index (χ1) is 8.15. The number of aliphatic hydroxyl groups is 1. The van der Waals surface area contributed by atoms with Gasteiger partial charge in [0.2, 0.25) is 0 Å². The molecule has 0 amide bonds. The highest BCUT2D eigenvalue weighted by Crippen LogP contribution is 2.23. The average Bonchev–Trinajstić information content (AvgIpc) is 2.33. The third-order valence-corrected chi connectivity index (χ3v) is 2.83. The minimum Gasteiger partial charge on any atom is -0.379 e. The molecular formula is C11H23NO5. The van der Waals surface area contributed by atoms with Crippen molar-refractivity contribution in [1.29, 1.82) is 0 Å². The van der Waals surface area contributed by atoms with Crippen molar-refractivity contribution in [1.82, 2.24) is 0 Å². The van der Waals surface area contributed by atoms with Gasteiger partial charge in [-0.05, 0) is 13.8 Å². The summed E-state index contributed by atoms with van der Waals surface area (Å²) in [5.41, 5.74) is 5.84. The van der Waals surface area contributed by atoms with E-state index in [1.807, 2.05) is 13.8 Å². The van der Waals surface area contributed by atoms with Crippen LogP contribution in [0.3, 0.4) is 0 Å². The summed E-state index contributed by atoms with van der Waals surface area (Å²) in [5, 5.41) is 9.72. The summed E-state index contributed by atoms with van der Waals surface area (Å²) < 4.78 is 21.6. The topological polar surface area (TPSA) is 83.2 Å². The lowest BCUT2D eigenvalue weighted by Gasteiger charge is -2.42. The summed E-state index contributed by atoms with van der Waals surface area (Å²) >= 11 is 0. The Labute approximate surface area is 102 Å². The summed E-state index contributed by atoms with van der Waals surface area (Å²) in [7, 11) is 1.57. The van der Waals surface area contributed by atoms with Gasteiger partial charge in [0.05, 0.1) is 12.6 Å². The van der Waals surface area contributed by atoms with Crippen molar-refractivity contribution in [2.45, 2.75) is 44.5 Å². The molecule has 0 aromatic rings. The molecule has 1 saturated heterocycles. The Morgan fingerprint density at radius 3 is 2.47 bits per heavy atom. The van der Waals surface area contributed by atoms with E-state index in [0.29, 0.717) is 19.8 Å². The fraction of sp³-hybridized carbons (Fsp3) is 1.00. The molecule has 5 atom stereocenters. The van der Waals surface area contributed by atoms with Crippen LogP contribution in [0.15, 0.2) is 0 Å². The van der Waals surface area contributed by atoms with E-state index in [4.69, 9.17) is 24.7 Å². The van der Waals surface area contributed by atoms with Crippen LogP contribution in [0.1, 0.15) is 13.8 Å². The largest absolute Gasteiger partial charge is 0.379 e. The second-order valence-corrected chi connectivity index (χ2v) is 3.92. The summed E-state index contributed by atoms with van der Waals surface area (Å²) in [4.78, 5) is 0. The monoisotopic (exact) mass is 249 g/mol. The van der Waals surface area contributed by atoms with E-state index in [1.165, 1.54) is 0 Å². The second kappa shape index (κ2) is 7.25. The fourth-order valence-corrected chi connectivity index (χ4v) is 1.99. The molecule has 1 heterocycles. The van der Waals surface area contributed by atoms with Gasteiger partial charge < -0.3 is 29.8 Å². The minimum atomic E-state index is -1.05. The van der Waals surface area contributed by atoms with Crippen LogP contribution in [-0.2, 0) is 18.9 Å². The smallest absolute Gasteiger partial charge is 0.173 e. The third-order valence-electron chi connectivity index (χ3n) is 2.83. The highest BCUT2D eigenvalue weighted by molar-refractivity contribution is 4.93. The number of hydrogen-bond acceptors (Lipinski definition) is 6. The predicted molar refractivity (Wildman–Crippen MR) is 61.6 cm³/mol. The Kier molecular flexibility index (Phi) is 6.32. The van der Waals surface area contributed by atoms with Crippen molar-refractivity contribution < 1.29 is 24.1 Å². The molecule has 1 aliphatic rings. The molecule has 0 spiro atoms. The zero-order chi connectivity index (χ0) is 12.8. The number of methoxy groups -OCH3 is 1. The second-order valence-electron chi connectivity index (χ2n) is 3.92. The van der Waals surface area contributed by atoms with E-state index in [2.05, 4.69) is 0 Å². The molecule has 102 valence electrons. The summed E-state index contributed by atoms with van der Waals surface area (Å²) in [6, 6.07) is -0.613. The number of nitrogens with two attached hydrogens (primary N) is 1. The standard InChI is InChI=1S/C11H23NO5/c1-4-15-6-7-9(14-3)10(16-5-2)8(12)11(13)17-7/h7-11,13H,4-6,12H2,1-3H3/t7-,8-,9-,10-,11?/m1/s1. The molecule has 0 aromatic carbocycles. The third kappa shape index (κ3) is 3.61. The van der Waals surface area contributed by atoms with Gasteiger partial charge in [0.25, 0.3) is 0 Å². The number of ether oxygens (including phenoxy) is 4. The Morgan fingerprint density at radius 1 is 1.24 bits per heavy atom. The Balaban J connectivity index is 2.70. The van der Waals surface area contributed by atoms with Gasteiger partial charge >= 0.3 is 0 Å². The summed E-state index contributed by atoms with van der Waals surface area (Å²) in [5.74, 6) is 0. The molecule has 3 N–H and O–H groups in total. The molecule has 0 aromatic heterocycles. The van der Waals surface area contributed by atoms with E-state index < -0.39 is 12.3 Å². The van der Waals surface area contributed by atoms with E-state index in [1.54, 1.807) is 7.11 Å². The van der Waals surface area contributed by atoms with Crippen LogP contribution in [0.5, 0.6) is 0 Å². The van der Waals surface area contributed by atoms with Gasteiger partial charge in [-0.15, -0.1) is 0 Å². The maximum atomic E-state index is 9.72. The van der Waals surface area contributed by atoms with Gasteiger partial charge in [0.15, 0.2) is 6.29 Å². The lowest BCUT2D eigenvalue weighted by Crippen LogP contribution is -2.63. The van der Waals surface area contributed by atoms with Gasteiger partial charge in [-0.2, -0.15) is 0 Å². The molecule has 0 aliphatic carbocycles. The van der Waals surface area contributed by atoms with E-state index >= 15 is 0 Å². The van der Waals surface area contributed by atoms with Crippen molar-refractivity contribution in [3.63, 3.8) is 0 Å². The van der Waals surface area contributed by atoms with E-state index in [-0.39, 0.29) is 18.3 Å². The molecule has 0 saturated carbocycles.